The highest BCUT2D eigenvalue weighted by molar-refractivity contribution is 8.13. The quantitative estimate of drug-likeness (QED) is 0.337. The van der Waals surface area contributed by atoms with Crippen molar-refractivity contribution in [3.05, 3.63) is 42.0 Å². The average molecular weight is 352 g/mol. The highest BCUT2D eigenvalue weighted by atomic mass is 32.2. The standard InChI is InChI=1S/C17H16N6OS/c1-11-8-15-16(9-14(11)20-17(25-3)19-10-18)22-23(21-15)12-4-6-13(24-2)7-5-12/h4-9H,1-3H3,(H,19,20). The fraction of sp³-hybridized carbons (Fsp3) is 0.176. The Balaban J connectivity index is 2.02. The predicted octanol–water partition coefficient (Wildman–Crippen LogP) is 3.16. The number of hydrogen-bond donors (Lipinski definition) is 1. The Hall–Kier alpha value is -3.05. The maximum Gasteiger partial charge on any atom is 0.183 e. The van der Waals surface area contributed by atoms with Crippen LogP contribution in [0.5, 0.6) is 5.75 Å². The topological polar surface area (TPSA) is 88.1 Å². The number of aryl methyl sites for hydroxylation is 1. The van der Waals surface area contributed by atoms with Gasteiger partial charge in [0.15, 0.2) is 11.4 Å². The molecule has 0 amide bonds. The molecule has 0 saturated heterocycles. The van der Waals surface area contributed by atoms with E-state index in [2.05, 4.69) is 20.5 Å². The summed E-state index contributed by atoms with van der Waals surface area (Å²) in [6.07, 6.45) is 3.74. The van der Waals surface area contributed by atoms with Crippen LogP contribution in [0.4, 0.5) is 5.69 Å². The lowest BCUT2D eigenvalue weighted by molar-refractivity contribution is 0.414. The maximum absolute atomic E-state index is 8.76. The second kappa shape index (κ2) is 7.23. The molecule has 0 aliphatic carbocycles. The van der Waals surface area contributed by atoms with Crippen LogP contribution >= 0.6 is 11.8 Å². The van der Waals surface area contributed by atoms with E-state index in [9.17, 15) is 0 Å². The third-order valence-electron chi connectivity index (χ3n) is 3.58. The van der Waals surface area contributed by atoms with Gasteiger partial charge in [0.1, 0.15) is 16.8 Å². The lowest BCUT2D eigenvalue weighted by atomic mass is 10.2. The molecular formula is C17H16N6OS. The van der Waals surface area contributed by atoms with Gasteiger partial charge in [0.25, 0.3) is 0 Å². The van der Waals surface area contributed by atoms with Crippen molar-refractivity contribution < 1.29 is 4.74 Å². The molecular weight excluding hydrogens is 336 g/mol. The Bertz CT molecular complexity index is 971. The minimum absolute atomic E-state index is 0.535. The number of nitriles is 1. The van der Waals surface area contributed by atoms with E-state index in [-0.39, 0.29) is 0 Å². The summed E-state index contributed by atoms with van der Waals surface area (Å²) in [5.74, 6) is 0.780. The number of fused-ring (bicyclic) bond motifs is 1. The summed E-state index contributed by atoms with van der Waals surface area (Å²) in [5, 5.41) is 20.9. The number of benzene rings is 2. The second-order valence-corrected chi connectivity index (χ2v) is 5.97. The van der Waals surface area contributed by atoms with Crippen LogP contribution in [0.3, 0.4) is 0 Å². The number of amidine groups is 1. The number of rotatable bonds is 3. The van der Waals surface area contributed by atoms with Crippen LogP contribution in [0.2, 0.25) is 0 Å². The average Bonchev–Trinajstić information content (AvgIpc) is 3.04. The molecule has 126 valence electrons. The molecule has 0 fully saturated rings. The third-order valence-corrected chi connectivity index (χ3v) is 4.16. The van der Waals surface area contributed by atoms with E-state index in [0.717, 1.165) is 33.7 Å². The van der Waals surface area contributed by atoms with Crippen LogP contribution in [0, 0.1) is 18.4 Å². The number of nitrogens with one attached hydrogen (secondary N) is 1. The summed E-state index contributed by atoms with van der Waals surface area (Å²) in [6.45, 7) is 1.95. The predicted molar refractivity (Wildman–Crippen MR) is 99.5 cm³/mol. The number of aromatic nitrogens is 3. The molecule has 0 aliphatic heterocycles. The van der Waals surface area contributed by atoms with Gasteiger partial charge in [-0.25, -0.2) is 4.99 Å². The van der Waals surface area contributed by atoms with Crippen LogP contribution in [0.1, 0.15) is 5.56 Å². The van der Waals surface area contributed by atoms with Crippen molar-refractivity contribution in [1.29, 1.82) is 5.26 Å². The summed E-state index contributed by atoms with van der Waals surface area (Å²) in [5.41, 5.74) is 4.07. The van der Waals surface area contributed by atoms with Gasteiger partial charge in [-0.2, -0.15) is 10.1 Å². The van der Waals surface area contributed by atoms with Crippen molar-refractivity contribution in [2.45, 2.75) is 6.92 Å². The molecule has 0 bridgehead atoms. The molecule has 3 rings (SSSR count). The SMILES string of the molecule is COc1ccc(-n2nc3cc(C)c(N=C(NC#N)SC)cc3n2)cc1. The molecule has 0 aliphatic rings. The highest BCUT2D eigenvalue weighted by Gasteiger charge is 2.09. The molecule has 7 nitrogen and oxygen atoms in total. The van der Waals surface area contributed by atoms with E-state index in [4.69, 9.17) is 10.00 Å². The van der Waals surface area contributed by atoms with E-state index in [1.54, 1.807) is 11.9 Å². The normalized spacial score (nSPS) is 11.4. The molecule has 1 aromatic heterocycles. The van der Waals surface area contributed by atoms with Gasteiger partial charge in [0, 0.05) is 0 Å². The molecule has 0 radical (unpaired) electrons. The van der Waals surface area contributed by atoms with E-state index < -0.39 is 0 Å². The molecule has 3 aromatic rings. The smallest absolute Gasteiger partial charge is 0.183 e. The third kappa shape index (κ3) is 3.56. The van der Waals surface area contributed by atoms with Crippen LogP contribution in [-0.2, 0) is 0 Å². The van der Waals surface area contributed by atoms with E-state index in [1.807, 2.05) is 55.8 Å². The van der Waals surface area contributed by atoms with Crippen LogP contribution in [0.25, 0.3) is 16.7 Å². The Morgan fingerprint density at radius 2 is 1.92 bits per heavy atom. The van der Waals surface area contributed by atoms with Gasteiger partial charge in [-0.1, -0.05) is 11.8 Å². The highest BCUT2D eigenvalue weighted by Crippen LogP contribution is 2.25. The van der Waals surface area contributed by atoms with Gasteiger partial charge in [-0.05, 0) is 55.1 Å². The first kappa shape index (κ1) is 16.8. The second-order valence-electron chi connectivity index (χ2n) is 5.17. The molecule has 1 N–H and O–H groups in total. The number of hydrogen-bond acceptors (Lipinski definition) is 6. The van der Waals surface area contributed by atoms with Crippen molar-refractivity contribution in [2.24, 2.45) is 4.99 Å². The number of methoxy groups -OCH3 is 1. The zero-order chi connectivity index (χ0) is 17.8. The lowest BCUT2D eigenvalue weighted by Gasteiger charge is -2.02. The first-order chi connectivity index (χ1) is 12.1. The van der Waals surface area contributed by atoms with Gasteiger partial charge in [0.2, 0.25) is 0 Å². The van der Waals surface area contributed by atoms with Gasteiger partial charge >= 0.3 is 0 Å². The number of nitrogens with zero attached hydrogens (tertiary/aromatic N) is 5. The molecule has 2 aromatic carbocycles. The minimum atomic E-state index is 0.535. The van der Waals surface area contributed by atoms with Gasteiger partial charge < -0.3 is 4.74 Å². The largest absolute Gasteiger partial charge is 0.497 e. The monoisotopic (exact) mass is 352 g/mol. The van der Waals surface area contributed by atoms with Crippen LogP contribution in [0.15, 0.2) is 41.4 Å². The summed E-state index contributed by atoms with van der Waals surface area (Å²) in [7, 11) is 1.63. The maximum atomic E-state index is 8.76. The first-order valence-electron chi connectivity index (χ1n) is 7.44. The van der Waals surface area contributed by atoms with Gasteiger partial charge in [-0.15, -0.1) is 10.2 Å². The molecule has 0 spiro atoms. The fourth-order valence-corrected chi connectivity index (χ4v) is 2.63. The van der Waals surface area contributed by atoms with E-state index in [1.165, 1.54) is 11.8 Å². The Kier molecular flexibility index (Phi) is 4.86. The minimum Gasteiger partial charge on any atom is -0.497 e. The summed E-state index contributed by atoms with van der Waals surface area (Å²) in [4.78, 5) is 6.06. The number of aliphatic imine (C=N–C) groups is 1. The summed E-state index contributed by atoms with van der Waals surface area (Å²) < 4.78 is 5.17. The Morgan fingerprint density at radius 1 is 1.24 bits per heavy atom. The van der Waals surface area contributed by atoms with Gasteiger partial charge in [-0.3, -0.25) is 5.32 Å². The Morgan fingerprint density at radius 3 is 2.52 bits per heavy atom. The van der Waals surface area contributed by atoms with E-state index >= 15 is 0 Å². The molecule has 0 unspecified atom stereocenters. The first-order valence-corrected chi connectivity index (χ1v) is 8.67. The Labute approximate surface area is 149 Å². The summed E-state index contributed by atoms with van der Waals surface area (Å²) in [6, 6.07) is 11.3. The zero-order valence-corrected chi connectivity index (χ0v) is 14.8. The molecule has 0 saturated carbocycles. The van der Waals surface area contributed by atoms with Gasteiger partial charge in [0.05, 0.1) is 18.5 Å². The van der Waals surface area contributed by atoms with Crippen LogP contribution in [-0.4, -0.2) is 33.5 Å². The van der Waals surface area contributed by atoms with E-state index in [0.29, 0.717) is 5.17 Å². The lowest BCUT2D eigenvalue weighted by Crippen LogP contribution is -2.12. The van der Waals surface area contributed by atoms with Crippen LogP contribution < -0.4 is 10.1 Å². The molecule has 8 heteroatoms. The zero-order valence-electron chi connectivity index (χ0n) is 14.0. The molecule has 25 heavy (non-hydrogen) atoms. The molecule has 0 atom stereocenters. The van der Waals surface area contributed by atoms with Crippen molar-refractivity contribution in [1.82, 2.24) is 20.3 Å². The molecule has 1 heterocycles. The number of thioether (sulfide) groups is 1. The van der Waals surface area contributed by atoms with Crippen molar-refractivity contribution in [3.8, 4) is 17.6 Å². The fourth-order valence-electron chi connectivity index (χ4n) is 2.29. The number of ether oxygens (including phenoxy) is 1. The van der Waals surface area contributed by atoms with Crippen molar-refractivity contribution in [3.63, 3.8) is 0 Å². The van der Waals surface area contributed by atoms with Crippen molar-refractivity contribution >= 4 is 33.7 Å². The summed E-state index contributed by atoms with van der Waals surface area (Å²) >= 11 is 1.37. The van der Waals surface area contributed by atoms with Crippen molar-refractivity contribution in [2.75, 3.05) is 13.4 Å².